The van der Waals surface area contributed by atoms with Gasteiger partial charge in [-0.05, 0) is 64.7 Å². The molecule has 4 rings (SSSR count). The molecule has 0 aliphatic rings. The van der Waals surface area contributed by atoms with E-state index in [-0.39, 0.29) is 18.9 Å². The van der Waals surface area contributed by atoms with Crippen LogP contribution in [0.15, 0.2) is 84.9 Å². The van der Waals surface area contributed by atoms with Gasteiger partial charge in [0, 0.05) is 24.7 Å². The number of hydrogen-bond donors (Lipinski definition) is 3. The largest absolute Gasteiger partial charge is 0.497 e. The van der Waals surface area contributed by atoms with Crippen LogP contribution < -0.4 is 15.4 Å². The number of rotatable bonds is 10. The first-order valence-corrected chi connectivity index (χ1v) is 11.7. The number of aliphatic hydroxyl groups is 1. The summed E-state index contributed by atoms with van der Waals surface area (Å²) in [6.45, 7) is 0.617. The van der Waals surface area contributed by atoms with Crippen LogP contribution in [0, 0.1) is 11.6 Å². The van der Waals surface area contributed by atoms with E-state index in [1.807, 2.05) is 54.6 Å². The lowest BCUT2D eigenvalue weighted by Crippen LogP contribution is -2.48. The van der Waals surface area contributed by atoms with Crippen LogP contribution in [0.3, 0.4) is 0 Å². The summed E-state index contributed by atoms with van der Waals surface area (Å²) in [4.78, 5) is 13.1. The lowest BCUT2D eigenvalue weighted by molar-refractivity contribution is 0.0830. The van der Waals surface area contributed by atoms with Gasteiger partial charge in [-0.1, -0.05) is 42.5 Å². The van der Waals surface area contributed by atoms with Crippen molar-refractivity contribution < 1.29 is 23.4 Å². The fourth-order valence-electron chi connectivity index (χ4n) is 4.14. The molecule has 0 fully saturated rings. The highest BCUT2D eigenvalue weighted by Crippen LogP contribution is 2.17. The Morgan fingerprint density at radius 3 is 2.39 bits per heavy atom. The highest BCUT2D eigenvalue weighted by Gasteiger charge is 2.23. The van der Waals surface area contributed by atoms with E-state index in [2.05, 4.69) is 10.6 Å². The van der Waals surface area contributed by atoms with Gasteiger partial charge in [-0.15, -0.1) is 0 Å². The minimum atomic E-state index is -1.02. The maximum absolute atomic E-state index is 13.8. The van der Waals surface area contributed by atoms with Gasteiger partial charge in [-0.2, -0.15) is 0 Å². The van der Waals surface area contributed by atoms with Crippen LogP contribution in [0.4, 0.5) is 8.78 Å². The molecule has 0 unspecified atom stereocenters. The zero-order chi connectivity index (χ0) is 25.5. The Morgan fingerprint density at radius 1 is 0.889 bits per heavy atom. The number of fused-ring (bicyclic) bond motifs is 1. The predicted octanol–water partition coefficient (Wildman–Crippen LogP) is 4.62. The lowest BCUT2D eigenvalue weighted by Gasteiger charge is -2.25. The zero-order valence-corrected chi connectivity index (χ0v) is 19.9. The van der Waals surface area contributed by atoms with Crippen LogP contribution in [0.5, 0.6) is 5.75 Å². The molecule has 2 atom stereocenters. The van der Waals surface area contributed by atoms with E-state index in [0.29, 0.717) is 17.7 Å². The summed E-state index contributed by atoms with van der Waals surface area (Å²) in [6.07, 6.45) is -0.970. The molecule has 3 N–H and O–H groups in total. The zero-order valence-electron chi connectivity index (χ0n) is 19.9. The number of hydrogen-bond acceptors (Lipinski definition) is 4. The first kappa shape index (κ1) is 25.3. The number of carbonyl (C=O) groups excluding carboxylic acids is 1. The molecule has 1 amide bonds. The van der Waals surface area contributed by atoms with Crippen molar-refractivity contribution in [1.29, 1.82) is 0 Å². The normalized spacial score (nSPS) is 12.8. The summed E-state index contributed by atoms with van der Waals surface area (Å²) < 4.78 is 32.8. The quantitative estimate of drug-likeness (QED) is 0.304. The molecule has 0 aliphatic carbocycles. The predicted molar refractivity (Wildman–Crippen MR) is 136 cm³/mol. The molecule has 7 heteroatoms. The molecule has 0 aliphatic heterocycles. The Bertz CT molecular complexity index is 1320. The third-order valence-corrected chi connectivity index (χ3v) is 5.99. The third kappa shape index (κ3) is 6.65. The van der Waals surface area contributed by atoms with Crippen LogP contribution in [0.1, 0.15) is 21.5 Å². The van der Waals surface area contributed by atoms with Gasteiger partial charge in [0.1, 0.15) is 17.4 Å². The van der Waals surface area contributed by atoms with Gasteiger partial charge in [-0.3, -0.25) is 4.79 Å². The molecule has 0 radical (unpaired) electrons. The summed E-state index contributed by atoms with van der Waals surface area (Å²) >= 11 is 0. The van der Waals surface area contributed by atoms with Crippen molar-refractivity contribution in [1.82, 2.24) is 10.6 Å². The molecule has 0 heterocycles. The fraction of sp³-hybridized carbons (Fsp3) is 0.207. The van der Waals surface area contributed by atoms with Crippen molar-refractivity contribution in [2.45, 2.75) is 25.1 Å². The number of halogens is 2. The van der Waals surface area contributed by atoms with Crippen LogP contribution in [-0.4, -0.2) is 36.8 Å². The van der Waals surface area contributed by atoms with Gasteiger partial charge < -0.3 is 20.5 Å². The first-order valence-electron chi connectivity index (χ1n) is 11.7. The molecule has 4 aromatic rings. The molecule has 4 aromatic carbocycles. The lowest BCUT2D eigenvalue weighted by atomic mass is 9.99. The first-order chi connectivity index (χ1) is 17.4. The molecule has 0 bridgehead atoms. The van der Waals surface area contributed by atoms with Gasteiger partial charge in [0.2, 0.25) is 0 Å². The molecule has 0 aromatic heterocycles. The van der Waals surface area contributed by atoms with Gasteiger partial charge in [0.25, 0.3) is 5.91 Å². The maximum Gasteiger partial charge on any atom is 0.251 e. The Kier molecular flexibility index (Phi) is 8.25. The van der Waals surface area contributed by atoms with Crippen molar-refractivity contribution in [3.8, 4) is 5.75 Å². The van der Waals surface area contributed by atoms with Crippen molar-refractivity contribution in [3.63, 3.8) is 0 Å². The highest BCUT2D eigenvalue weighted by atomic mass is 19.1. The van der Waals surface area contributed by atoms with Crippen LogP contribution >= 0.6 is 0 Å². The third-order valence-electron chi connectivity index (χ3n) is 5.99. The minimum Gasteiger partial charge on any atom is -0.497 e. The molecular weight excluding hydrogens is 462 g/mol. The molecular formula is C29H28F2N2O3. The number of methoxy groups -OCH3 is 1. The number of amides is 1. The summed E-state index contributed by atoms with van der Waals surface area (Å²) in [7, 11) is 1.59. The Labute approximate surface area is 208 Å². The Morgan fingerprint density at radius 2 is 1.64 bits per heavy atom. The fourth-order valence-corrected chi connectivity index (χ4v) is 4.14. The summed E-state index contributed by atoms with van der Waals surface area (Å²) in [5.74, 6) is -1.08. The van der Waals surface area contributed by atoms with Crippen molar-refractivity contribution in [3.05, 3.63) is 113 Å². The molecule has 0 saturated carbocycles. The standard InChI is InChI=1S/C29H28F2N2O3/c1-36-26-8-4-5-19(13-26)17-32-18-28(34)27(14-20-11-24(30)16-25(31)12-20)33-29(35)23-10-9-21-6-2-3-7-22(21)15-23/h2-13,15-16,27-28,32,34H,14,17-18H2,1H3,(H,33,35)/t27-,28-/m0/s1. The van der Waals surface area contributed by atoms with Crippen molar-refractivity contribution >= 4 is 16.7 Å². The second-order valence-corrected chi connectivity index (χ2v) is 8.67. The minimum absolute atomic E-state index is 0.0516. The van der Waals surface area contributed by atoms with Gasteiger partial charge in [0.15, 0.2) is 0 Å². The average Bonchev–Trinajstić information content (AvgIpc) is 2.87. The van der Waals surface area contributed by atoms with E-state index in [9.17, 15) is 18.7 Å². The van der Waals surface area contributed by atoms with E-state index in [0.717, 1.165) is 28.2 Å². The van der Waals surface area contributed by atoms with Crippen LogP contribution in [-0.2, 0) is 13.0 Å². The molecule has 0 spiro atoms. The average molecular weight is 491 g/mol. The van der Waals surface area contributed by atoms with Gasteiger partial charge in [0.05, 0.1) is 19.3 Å². The van der Waals surface area contributed by atoms with E-state index < -0.39 is 23.8 Å². The number of ether oxygens (including phenoxy) is 1. The van der Waals surface area contributed by atoms with E-state index in [1.165, 1.54) is 12.1 Å². The number of benzene rings is 4. The number of aliphatic hydroxyl groups excluding tert-OH is 1. The van der Waals surface area contributed by atoms with Crippen LogP contribution in [0.2, 0.25) is 0 Å². The van der Waals surface area contributed by atoms with Gasteiger partial charge >= 0.3 is 0 Å². The van der Waals surface area contributed by atoms with E-state index >= 15 is 0 Å². The maximum atomic E-state index is 13.8. The number of carbonyl (C=O) groups is 1. The monoisotopic (exact) mass is 490 g/mol. The Hall–Kier alpha value is -3.81. The highest BCUT2D eigenvalue weighted by molar-refractivity contribution is 5.98. The van der Waals surface area contributed by atoms with Crippen molar-refractivity contribution in [2.75, 3.05) is 13.7 Å². The smallest absolute Gasteiger partial charge is 0.251 e. The van der Waals surface area contributed by atoms with Crippen molar-refractivity contribution in [2.24, 2.45) is 0 Å². The summed E-state index contributed by atoms with van der Waals surface area (Å²) in [5, 5.41) is 18.9. The number of nitrogens with one attached hydrogen (secondary N) is 2. The van der Waals surface area contributed by atoms with Gasteiger partial charge in [-0.25, -0.2) is 8.78 Å². The molecule has 5 nitrogen and oxygen atoms in total. The molecule has 0 saturated heterocycles. The summed E-state index contributed by atoms with van der Waals surface area (Å²) in [6, 6.07) is 23.0. The topological polar surface area (TPSA) is 70.6 Å². The summed E-state index contributed by atoms with van der Waals surface area (Å²) in [5.41, 5.74) is 1.73. The van der Waals surface area contributed by atoms with E-state index in [4.69, 9.17) is 4.74 Å². The SMILES string of the molecule is COc1cccc(CNC[C@H](O)[C@H](Cc2cc(F)cc(F)c2)NC(=O)c2ccc3ccccc3c2)c1. The second kappa shape index (κ2) is 11.7. The second-order valence-electron chi connectivity index (χ2n) is 8.67. The Balaban J connectivity index is 1.48. The molecule has 36 heavy (non-hydrogen) atoms. The van der Waals surface area contributed by atoms with Crippen LogP contribution in [0.25, 0.3) is 10.8 Å². The van der Waals surface area contributed by atoms with E-state index in [1.54, 1.807) is 19.2 Å². The molecule has 186 valence electrons.